The summed E-state index contributed by atoms with van der Waals surface area (Å²) in [6.07, 6.45) is 0.0896. The van der Waals surface area contributed by atoms with Crippen LogP contribution in [0.25, 0.3) is 0 Å². The van der Waals surface area contributed by atoms with Gasteiger partial charge in [-0.05, 0) is 37.1 Å². The first kappa shape index (κ1) is 19.1. The maximum Gasteiger partial charge on any atom is 0.335 e. The van der Waals surface area contributed by atoms with Gasteiger partial charge in [0.05, 0.1) is 16.9 Å². The molecule has 0 bridgehead atoms. The Morgan fingerprint density at radius 1 is 1.12 bits per heavy atom. The van der Waals surface area contributed by atoms with Crippen molar-refractivity contribution in [1.82, 2.24) is 4.90 Å². The monoisotopic (exact) mass is 356 g/mol. The minimum atomic E-state index is -1.04. The zero-order valence-electron chi connectivity index (χ0n) is 14.6. The van der Waals surface area contributed by atoms with E-state index >= 15 is 0 Å². The highest BCUT2D eigenvalue weighted by Crippen LogP contribution is 2.16. The highest BCUT2D eigenvalue weighted by Gasteiger charge is 2.18. The first-order chi connectivity index (χ1) is 12.3. The lowest BCUT2D eigenvalue weighted by Crippen LogP contribution is -2.37. The molecule has 2 aromatic carbocycles. The van der Waals surface area contributed by atoms with Crippen molar-refractivity contribution in [2.45, 2.75) is 32.9 Å². The fourth-order valence-corrected chi connectivity index (χ4v) is 2.57. The summed E-state index contributed by atoms with van der Waals surface area (Å²) in [6, 6.07) is 12.3. The lowest BCUT2D eigenvalue weighted by molar-refractivity contribution is -0.384. The number of carboxylic acids is 1. The first-order valence-corrected chi connectivity index (χ1v) is 8.13. The molecule has 1 N–H and O–H groups in total. The van der Waals surface area contributed by atoms with Crippen molar-refractivity contribution >= 4 is 17.6 Å². The molecule has 0 aliphatic rings. The summed E-state index contributed by atoms with van der Waals surface area (Å²) < 4.78 is 0. The van der Waals surface area contributed by atoms with E-state index in [2.05, 4.69) is 0 Å². The Balaban J connectivity index is 2.13. The summed E-state index contributed by atoms with van der Waals surface area (Å²) in [5, 5.41) is 19.8. The van der Waals surface area contributed by atoms with Crippen LogP contribution < -0.4 is 0 Å². The van der Waals surface area contributed by atoms with Gasteiger partial charge < -0.3 is 10.0 Å². The highest BCUT2D eigenvalue weighted by molar-refractivity contribution is 5.88. The third-order valence-electron chi connectivity index (χ3n) is 3.97. The van der Waals surface area contributed by atoms with Crippen LogP contribution >= 0.6 is 0 Å². The van der Waals surface area contributed by atoms with Crippen molar-refractivity contribution in [3.05, 3.63) is 75.3 Å². The molecule has 0 aromatic heterocycles. The van der Waals surface area contributed by atoms with E-state index in [0.717, 1.165) is 5.56 Å². The molecular weight excluding hydrogens is 336 g/mol. The zero-order chi connectivity index (χ0) is 19.3. The van der Waals surface area contributed by atoms with Gasteiger partial charge in [0.2, 0.25) is 5.91 Å². The predicted molar refractivity (Wildman–Crippen MR) is 95.9 cm³/mol. The second-order valence-corrected chi connectivity index (χ2v) is 6.22. The normalized spacial score (nSPS) is 10.6. The van der Waals surface area contributed by atoms with Crippen LogP contribution in [0, 0.1) is 10.1 Å². The van der Waals surface area contributed by atoms with Crippen LogP contribution in [0.2, 0.25) is 0 Å². The van der Waals surface area contributed by atoms with Crippen LogP contribution in [0.5, 0.6) is 0 Å². The molecule has 1 amide bonds. The molecule has 0 atom stereocenters. The van der Waals surface area contributed by atoms with Crippen LogP contribution in [0.4, 0.5) is 5.69 Å². The first-order valence-electron chi connectivity index (χ1n) is 8.13. The standard InChI is InChI=1S/C19H20N2O5/c1-13(2)20(12-14-6-8-17(9-7-14)21(25)26)18(22)11-15-4-3-5-16(10-15)19(23)24/h3-10,13H,11-12H2,1-2H3,(H,23,24). The Kier molecular flexibility index (Phi) is 6.06. The molecule has 0 fully saturated rings. The minimum absolute atomic E-state index is 0.00154. The lowest BCUT2D eigenvalue weighted by atomic mass is 10.1. The molecular formula is C19H20N2O5. The zero-order valence-corrected chi connectivity index (χ0v) is 14.6. The van der Waals surface area contributed by atoms with Gasteiger partial charge in [-0.3, -0.25) is 14.9 Å². The highest BCUT2D eigenvalue weighted by atomic mass is 16.6. The number of hydrogen-bond donors (Lipinski definition) is 1. The van der Waals surface area contributed by atoms with E-state index in [1.165, 1.54) is 24.3 Å². The van der Waals surface area contributed by atoms with E-state index < -0.39 is 10.9 Å². The van der Waals surface area contributed by atoms with Gasteiger partial charge >= 0.3 is 5.97 Å². The quantitative estimate of drug-likeness (QED) is 0.606. The van der Waals surface area contributed by atoms with E-state index in [0.29, 0.717) is 12.1 Å². The van der Waals surface area contributed by atoms with Crippen molar-refractivity contribution in [2.75, 3.05) is 0 Å². The number of benzene rings is 2. The molecule has 0 heterocycles. The molecule has 136 valence electrons. The van der Waals surface area contributed by atoms with E-state index in [4.69, 9.17) is 5.11 Å². The fourth-order valence-electron chi connectivity index (χ4n) is 2.57. The van der Waals surface area contributed by atoms with E-state index in [1.807, 2.05) is 13.8 Å². The number of non-ortho nitro benzene ring substituents is 1. The summed E-state index contributed by atoms with van der Waals surface area (Å²) in [7, 11) is 0. The van der Waals surface area contributed by atoms with Crippen LogP contribution in [-0.4, -0.2) is 32.8 Å². The topological polar surface area (TPSA) is 101 Å². The Bertz CT molecular complexity index is 815. The Hall–Kier alpha value is -3.22. The second-order valence-electron chi connectivity index (χ2n) is 6.22. The second kappa shape index (κ2) is 8.24. The molecule has 0 aliphatic carbocycles. The van der Waals surface area contributed by atoms with Crippen molar-refractivity contribution in [1.29, 1.82) is 0 Å². The number of nitrogens with zero attached hydrogens (tertiary/aromatic N) is 2. The Labute approximate surface area is 151 Å². The van der Waals surface area contributed by atoms with E-state index in [-0.39, 0.29) is 29.6 Å². The van der Waals surface area contributed by atoms with Gasteiger partial charge in [-0.2, -0.15) is 0 Å². The summed E-state index contributed by atoms with van der Waals surface area (Å²) in [4.78, 5) is 35.7. The Morgan fingerprint density at radius 3 is 2.31 bits per heavy atom. The summed E-state index contributed by atoms with van der Waals surface area (Å²) >= 11 is 0. The molecule has 2 rings (SSSR count). The third-order valence-corrected chi connectivity index (χ3v) is 3.97. The molecule has 0 unspecified atom stereocenters. The van der Waals surface area contributed by atoms with Gasteiger partial charge in [-0.15, -0.1) is 0 Å². The minimum Gasteiger partial charge on any atom is -0.478 e. The van der Waals surface area contributed by atoms with Crippen molar-refractivity contribution in [2.24, 2.45) is 0 Å². The number of carbonyl (C=O) groups is 2. The van der Waals surface area contributed by atoms with Gasteiger partial charge in [0.1, 0.15) is 0 Å². The maximum absolute atomic E-state index is 12.7. The number of rotatable bonds is 7. The van der Waals surface area contributed by atoms with Crippen LogP contribution in [-0.2, 0) is 17.8 Å². The van der Waals surface area contributed by atoms with Crippen LogP contribution in [0.15, 0.2) is 48.5 Å². The van der Waals surface area contributed by atoms with E-state index in [1.54, 1.807) is 29.2 Å². The van der Waals surface area contributed by atoms with Crippen molar-refractivity contribution in [3.8, 4) is 0 Å². The molecule has 0 radical (unpaired) electrons. The number of hydrogen-bond acceptors (Lipinski definition) is 4. The molecule has 0 saturated heterocycles. The SMILES string of the molecule is CC(C)N(Cc1ccc([N+](=O)[O-])cc1)C(=O)Cc1cccc(C(=O)O)c1. The molecule has 26 heavy (non-hydrogen) atoms. The number of amides is 1. The van der Waals surface area contributed by atoms with Gasteiger partial charge in [0, 0.05) is 24.7 Å². The summed E-state index contributed by atoms with van der Waals surface area (Å²) in [5.74, 6) is -1.17. The number of nitro groups is 1. The van der Waals surface area contributed by atoms with Crippen molar-refractivity contribution < 1.29 is 19.6 Å². The third kappa shape index (κ3) is 4.89. The maximum atomic E-state index is 12.7. The number of nitro benzene ring substituents is 1. The molecule has 2 aromatic rings. The van der Waals surface area contributed by atoms with Crippen molar-refractivity contribution in [3.63, 3.8) is 0 Å². The number of carboxylic acid groups (broad SMARTS) is 1. The van der Waals surface area contributed by atoms with Gasteiger partial charge in [0.25, 0.3) is 5.69 Å². The van der Waals surface area contributed by atoms with Crippen LogP contribution in [0.3, 0.4) is 0 Å². The molecule has 7 nitrogen and oxygen atoms in total. The number of aromatic carboxylic acids is 1. The van der Waals surface area contributed by atoms with Crippen LogP contribution in [0.1, 0.15) is 35.3 Å². The molecule has 0 saturated carbocycles. The smallest absolute Gasteiger partial charge is 0.335 e. The molecule has 0 spiro atoms. The largest absolute Gasteiger partial charge is 0.478 e. The molecule has 7 heteroatoms. The molecule has 0 aliphatic heterocycles. The van der Waals surface area contributed by atoms with E-state index in [9.17, 15) is 19.7 Å². The predicted octanol–water partition coefficient (Wildman–Crippen LogP) is 3.27. The van der Waals surface area contributed by atoms with Gasteiger partial charge in [-0.25, -0.2) is 4.79 Å². The lowest BCUT2D eigenvalue weighted by Gasteiger charge is -2.27. The average Bonchev–Trinajstić information content (AvgIpc) is 2.59. The van der Waals surface area contributed by atoms with Gasteiger partial charge in [0.15, 0.2) is 0 Å². The summed E-state index contributed by atoms with van der Waals surface area (Å²) in [6.45, 7) is 4.10. The van der Waals surface area contributed by atoms with Gasteiger partial charge in [-0.1, -0.05) is 24.3 Å². The summed E-state index contributed by atoms with van der Waals surface area (Å²) in [5.41, 5.74) is 1.56. The number of carbonyl (C=O) groups excluding carboxylic acids is 1. The fraction of sp³-hybridized carbons (Fsp3) is 0.263. The Morgan fingerprint density at radius 2 is 1.77 bits per heavy atom. The average molecular weight is 356 g/mol.